The zero-order chi connectivity index (χ0) is 18.9. The van der Waals surface area contributed by atoms with E-state index in [1.165, 1.54) is 29.5 Å². The molecule has 0 N–H and O–H groups in total. The van der Waals surface area contributed by atoms with Gasteiger partial charge >= 0.3 is 0 Å². The minimum atomic E-state index is 0.786. The van der Waals surface area contributed by atoms with Crippen LogP contribution in [0.1, 0.15) is 45.1 Å². The third-order valence-corrected chi connectivity index (χ3v) is 4.78. The fourth-order valence-corrected chi connectivity index (χ4v) is 3.04. The van der Waals surface area contributed by atoms with Crippen LogP contribution in [-0.4, -0.2) is 11.6 Å². The number of benzene rings is 2. The number of rotatable bonds is 9. The Hall–Kier alpha value is -2.61. The van der Waals surface area contributed by atoms with E-state index in [1.807, 2.05) is 6.20 Å². The molecule has 1 aromatic heterocycles. The molecule has 0 amide bonds. The van der Waals surface area contributed by atoms with Gasteiger partial charge in [0.15, 0.2) is 0 Å². The van der Waals surface area contributed by atoms with Gasteiger partial charge < -0.3 is 4.74 Å². The van der Waals surface area contributed by atoms with Crippen LogP contribution in [0.25, 0.3) is 22.4 Å². The van der Waals surface area contributed by atoms with Gasteiger partial charge in [-0.1, -0.05) is 69.2 Å². The lowest BCUT2D eigenvalue weighted by Crippen LogP contribution is -1.95. The fourth-order valence-electron chi connectivity index (χ4n) is 3.04. The van der Waals surface area contributed by atoms with Crippen molar-refractivity contribution in [3.05, 3.63) is 72.4 Å². The molecule has 140 valence electrons. The van der Waals surface area contributed by atoms with Gasteiger partial charge in [-0.25, -0.2) is 0 Å². The molecule has 0 saturated heterocycles. The number of unbranched alkanes of at least 4 members (excludes halogenated alkanes) is 2. The van der Waals surface area contributed by atoms with E-state index >= 15 is 0 Å². The first-order valence-corrected chi connectivity index (χ1v) is 10.1. The number of aromatic nitrogens is 1. The topological polar surface area (TPSA) is 22.1 Å². The van der Waals surface area contributed by atoms with Crippen molar-refractivity contribution < 1.29 is 4.74 Å². The highest BCUT2D eigenvalue weighted by Gasteiger charge is 2.03. The monoisotopic (exact) mass is 359 g/mol. The van der Waals surface area contributed by atoms with E-state index < -0.39 is 0 Å². The average Bonchev–Trinajstić information content (AvgIpc) is 2.73. The molecular weight excluding hydrogens is 330 g/mol. The lowest BCUT2D eigenvalue weighted by Gasteiger charge is -2.08. The Morgan fingerprint density at radius 1 is 0.704 bits per heavy atom. The summed E-state index contributed by atoms with van der Waals surface area (Å²) in [5.41, 5.74) is 5.91. The van der Waals surface area contributed by atoms with Gasteiger partial charge in [0.2, 0.25) is 0 Å². The Morgan fingerprint density at radius 3 is 1.93 bits per heavy atom. The van der Waals surface area contributed by atoms with Gasteiger partial charge in [0, 0.05) is 11.8 Å². The number of hydrogen-bond donors (Lipinski definition) is 0. The first-order chi connectivity index (χ1) is 13.3. The summed E-state index contributed by atoms with van der Waals surface area (Å²) < 4.78 is 5.74. The number of hydrogen-bond acceptors (Lipinski definition) is 2. The Kier molecular flexibility index (Phi) is 7.04. The van der Waals surface area contributed by atoms with E-state index in [9.17, 15) is 0 Å². The molecule has 0 aliphatic heterocycles. The van der Waals surface area contributed by atoms with Crippen LogP contribution in [0.5, 0.6) is 5.75 Å². The van der Waals surface area contributed by atoms with Crippen molar-refractivity contribution in [1.29, 1.82) is 0 Å². The SMILES string of the molecule is CCCCOc1ccc(-c2ccc(-c3ccc(CCCC)cn3)cc2)cc1. The number of pyridine rings is 1. The molecule has 0 aliphatic rings. The molecule has 2 heteroatoms. The van der Waals surface area contributed by atoms with Crippen molar-refractivity contribution in [3.63, 3.8) is 0 Å². The molecular formula is C25H29NO. The largest absolute Gasteiger partial charge is 0.494 e. The van der Waals surface area contributed by atoms with Crippen LogP contribution in [0.15, 0.2) is 66.9 Å². The molecule has 1 heterocycles. The minimum Gasteiger partial charge on any atom is -0.494 e. The first kappa shape index (κ1) is 19.2. The maximum absolute atomic E-state index is 5.74. The maximum Gasteiger partial charge on any atom is 0.119 e. The van der Waals surface area contributed by atoms with Crippen molar-refractivity contribution in [2.45, 2.75) is 46.0 Å². The molecule has 2 aromatic carbocycles. The van der Waals surface area contributed by atoms with Crippen LogP contribution >= 0.6 is 0 Å². The van der Waals surface area contributed by atoms with E-state index in [1.54, 1.807) is 0 Å². The zero-order valence-corrected chi connectivity index (χ0v) is 16.4. The molecule has 3 rings (SSSR count). The minimum absolute atomic E-state index is 0.786. The lowest BCUT2D eigenvalue weighted by molar-refractivity contribution is 0.309. The summed E-state index contributed by atoms with van der Waals surface area (Å²) in [7, 11) is 0. The Labute approximate surface area is 163 Å². The van der Waals surface area contributed by atoms with Crippen LogP contribution in [0.4, 0.5) is 0 Å². The predicted molar refractivity (Wildman–Crippen MR) is 114 cm³/mol. The number of nitrogens with zero attached hydrogens (tertiary/aromatic N) is 1. The summed E-state index contributed by atoms with van der Waals surface area (Å²) in [6.45, 7) is 5.18. The van der Waals surface area contributed by atoms with Crippen molar-refractivity contribution in [1.82, 2.24) is 4.98 Å². The summed E-state index contributed by atoms with van der Waals surface area (Å²) in [6, 6.07) is 21.3. The van der Waals surface area contributed by atoms with E-state index in [2.05, 4.69) is 79.5 Å². The van der Waals surface area contributed by atoms with Gasteiger partial charge in [-0.3, -0.25) is 4.98 Å². The highest BCUT2D eigenvalue weighted by molar-refractivity contribution is 5.69. The van der Waals surface area contributed by atoms with Gasteiger partial charge in [-0.05, 0) is 54.2 Å². The standard InChI is InChI=1S/C25H29NO/c1-3-5-7-20-8-17-25(26-19-20)23-11-9-21(10-12-23)22-13-15-24(16-14-22)27-18-6-4-2/h8-17,19H,3-7,18H2,1-2H3. The summed E-state index contributed by atoms with van der Waals surface area (Å²) in [5.74, 6) is 0.941. The summed E-state index contributed by atoms with van der Waals surface area (Å²) in [6.07, 6.45) is 7.81. The average molecular weight is 360 g/mol. The molecule has 27 heavy (non-hydrogen) atoms. The van der Waals surface area contributed by atoms with Gasteiger partial charge in [0.25, 0.3) is 0 Å². The van der Waals surface area contributed by atoms with E-state index in [-0.39, 0.29) is 0 Å². The van der Waals surface area contributed by atoms with Crippen molar-refractivity contribution >= 4 is 0 Å². The number of aryl methyl sites for hydroxylation is 1. The summed E-state index contributed by atoms with van der Waals surface area (Å²) in [4.78, 5) is 4.63. The van der Waals surface area contributed by atoms with E-state index in [0.717, 1.165) is 42.9 Å². The lowest BCUT2D eigenvalue weighted by atomic mass is 10.0. The molecule has 0 bridgehead atoms. The van der Waals surface area contributed by atoms with Crippen LogP contribution < -0.4 is 4.74 Å². The molecule has 0 spiro atoms. The first-order valence-electron chi connectivity index (χ1n) is 10.1. The molecule has 0 atom stereocenters. The second-order valence-corrected chi connectivity index (χ2v) is 6.96. The maximum atomic E-state index is 5.74. The van der Waals surface area contributed by atoms with Crippen LogP contribution in [0, 0.1) is 0 Å². The highest BCUT2D eigenvalue weighted by atomic mass is 16.5. The van der Waals surface area contributed by atoms with Gasteiger partial charge in [-0.15, -0.1) is 0 Å². The second-order valence-electron chi connectivity index (χ2n) is 6.96. The number of ether oxygens (including phenoxy) is 1. The van der Waals surface area contributed by atoms with Gasteiger partial charge in [0.05, 0.1) is 12.3 Å². The summed E-state index contributed by atoms with van der Waals surface area (Å²) >= 11 is 0. The molecule has 0 unspecified atom stereocenters. The molecule has 0 aliphatic carbocycles. The van der Waals surface area contributed by atoms with Crippen LogP contribution in [-0.2, 0) is 6.42 Å². The molecule has 0 radical (unpaired) electrons. The molecule has 0 saturated carbocycles. The third-order valence-electron chi connectivity index (χ3n) is 4.78. The van der Waals surface area contributed by atoms with Gasteiger partial charge in [-0.2, -0.15) is 0 Å². The highest BCUT2D eigenvalue weighted by Crippen LogP contribution is 2.26. The molecule has 2 nitrogen and oxygen atoms in total. The molecule has 0 fully saturated rings. The second kappa shape index (κ2) is 9.91. The van der Waals surface area contributed by atoms with E-state index in [4.69, 9.17) is 4.74 Å². The third kappa shape index (κ3) is 5.43. The normalized spacial score (nSPS) is 10.7. The zero-order valence-electron chi connectivity index (χ0n) is 16.4. The van der Waals surface area contributed by atoms with Crippen molar-refractivity contribution in [3.8, 4) is 28.1 Å². The summed E-state index contributed by atoms with van der Waals surface area (Å²) in [5, 5.41) is 0. The molecule has 3 aromatic rings. The predicted octanol–water partition coefficient (Wildman–Crippen LogP) is 6.94. The Morgan fingerprint density at radius 2 is 1.33 bits per heavy atom. The van der Waals surface area contributed by atoms with Crippen LogP contribution in [0.2, 0.25) is 0 Å². The Balaban J connectivity index is 1.66. The van der Waals surface area contributed by atoms with Crippen molar-refractivity contribution in [2.75, 3.05) is 6.61 Å². The van der Waals surface area contributed by atoms with E-state index in [0.29, 0.717) is 0 Å². The fraction of sp³-hybridized carbons (Fsp3) is 0.320. The van der Waals surface area contributed by atoms with Crippen molar-refractivity contribution in [2.24, 2.45) is 0 Å². The van der Waals surface area contributed by atoms with Crippen LogP contribution in [0.3, 0.4) is 0 Å². The van der Waals surface area contributed by atoms with Gasteiger partial charge in [0.1, 0.15) is 5.75 Å². The smallest absolute Gasteiger partial charge is 0.119 e. The Bertz CT molecular complexity index is 804. The quantitative estimate of drug-likeness (QED) is 0.386.